The summed E-state index contributed by atoms with van der Waals surface area (Å²) in [5.74, 6) is 0. The molecule has 2 rings (SSSR count). The van der Waals surface area contributed by atoms with E-state index in [1.807, 2.05) is 0 Å². The summed E-state index contributed by atoms with van der Waals surface area (Å²) in [4.78, 5) is 2.60. The van der Waals surface area contributed by atoms with Crippen LogP contribution in [0.25, 0.3) is 0 Å². The quantitative estimate of drug-likeness (QED) is 0.730. The van der Waals surface area contributed by atoms with Crippen LogP contribution in [0.2, 0.25) is 0 Å². The Bertz CT molecular complexity index is 369. The van der Waals surface area contributed by atoms with Crippen LogP contribution in [0.1, 0.15) is 43.7 Å². The van der Waals surface area contributed by atoms with Gasteiger partial charge in [-0.05, 0) is 43.9 Å². The normalized spacial score (nSPS) is 16.4. The Morgan fingerprint density at radius 3 is 2.53 bits per heavy atom. The molecule has 1 fully saturated rings. The Morgan fingerprint density at radius 1 is 1.29 bits per heavy atom. The molecule has 0 spiro atoms. The molecule has 0 aliphatic heterocycles. The van der Waals surface area contributed by atoms with Gasteiger partial charge >= 0.3 is 0 Å². The zero-order valence-corrected chi connectivity index (χ0v) is 12.5. The lowest BCUT2D eigenvalue weighted by Gasteiger charge is -2.31. The molecule has 1 saturated carbocycles. The van der Waals surface area contributed by atoms with Crippen molar-refractivity contribution in [3.05, 3.63) is 29.3 Å². The Labute approximate surface area is 113 Å². The van der Waals surface area contributed by atoms with Crippen LogP contribution in [-0.4, -0.2) is 12.6 Å². The third-order valence-corrected chi connectivity index (χ3v) is 4.48. The SMILES string of the molecule is CCN(c1ccc(CBr)cc1C)C1CCCC1. The van der Waals surface area contributed by atoms with E-state index in [9.17, 15) is 0 Å². The van der Waals surface area contributed by atoms with Gasteiger partial charge in [-0.15, -0.1) is 0 Å². The first-order valence-electron chi connectivity index (χ1n) is 6.68. The average Bonchev–Trinajstić information content (AvgIpc) is 2.85. The minimum absolute atomic E-state index is 0.772. The fourth-order valence-corrected chi connectivity index (χ4v) is 3.31. The van der Waals surface area contributed by atoms with Gasteiger partial charge < -0.3 is 4.90 Å². The van der Waals surface area contributed by atoms with Gasteiger partial charge in [0.15, 0.2) is 0 Å². The van der Waals surface area contributed by atoms with E-state index in [0.717, 1.165) is 17.9 Å². The average molecular weight is 296 g/mol. The summed E-state index contributed by atoms with van der Waals surface area (Å²) >= 11 is 3.52. The molecule has 0 N–H and O–H groups in total. The summed E-state index contributed by atoms with van der Waals surface area (Å²) in [6.07, 6.45) is 5.54. The Hall–Kier alpha value is -0.500. The zero-order chi connectivity index (χ0) is 12.3. The van der Waals surface area contributed by atoms with E-state index in [1.54, 1.807) is 0 Å². The van der Waals surface area contributed by atoms with Gasteiger partial charge in [-0.1, -0.05) is 40.9 Å². The minimum atomic E-state index is 0.772. The Kier molecular flexibility index (Phi) is 4.49. The number of hydrogen-bond acceptors (Lipinski definition) is 1. The second-order valence-corrected chi connectivity index (χ2v) is 5.54. The lowest BCUT2D eigenvalue weighted by Crippen LogP contribution is -2.33. The highest BCUT2D eigenvalue weighted by Crippen LogP contribution is 2.30. The Morgan fingerprint density at radius 2 is 2.00 bits per heavy atom. The van der Waals surface area contributed by atoms with Crippen LogP contribution < -0.4 is 4.90 Å². The fraction of sp³-hybridized carbons (Fsp3) is 0.600. The van der Waals surface area contributed by atoms with Crippen molar-refractivity contribution in [1.82, 2.24) is 0 Å². The first-order chi connectivity index (χ1) is 8.26. The molecule has 1 nitrogen and oxygen atoms in total. The van der Waals surface area contributed by atoms with E-state index in [4.69, 9.17) is 0 Å². The summed E-state index contributed by atoms with van der Waals surface area (Å²) in [5, 5.41) is 0.948. The van der Waals surface area contributed by atoms with Crippen molar-refractivity contribution in [3.63, 3.8) is 0 Å². The lowest BCUT2D eigenvalue weighted by molar-refractivity contribution is 0.618. The molecular formula is C15H22BrN. The third kappa shape index (κ3) is 2.85. The van der Waals surface area contributed by atoms with E-state index in [2.05, 4.69) is 52.9 Å². The summed E-state index contributed by atoms with van der Waals surface area (Å²) in [5.41, 5.74) is 4.22. The van der Waals surface area contributed by atoms with Crippen LogP contribution in [0.4, 0.5) is 5.69 Å². The lowest BCUT2D eigenvalue weighted by atomic mass is 10.1. The summed E-state index contributed by atoms with van der Waals surface area (Å²) < 4.78 is 0. The van der Waals surface area contributed by atoms with Crippen molar-refractivity contribution in [2.24, 2.45) is 0 Å². The van der Waals surface area contributed by atoms with Crippen LogP contribution in [0.5, 0.6) is 0 Å². The first-order valence-corrected chi connectivity index (χ1v) is 7.80. The van der Waals surface area contributed by atoms with Crippen molar-refractivity contribution < 1.29 is 0 Å². The topological polar surface area (TPSA) is 3.24 Å². The highest BCUT2D eigenvalue weighted by molar-refractivity contribution is 9.08. The first kappa shape index (κ1) is 12.9. The van der Waals surface area contributed by atoms with Gasteiger partial charge in [0.2, 0.25) is 0 Å². The second kappa shape index (κ2) is 5.90. The molecule has 2 heteroatoms. The number of alkyl halides is 1. The van der Waals surface area contributed by atoms with Gasteiger partial charge in [0.1, 0.15) is 0 Å². The summed E-state index contributed by atoms with van der Waals surface area (Å²) in [7, 11) is 0. The van der Waals surface area contributed by atoms with Crippen molar-refractivity contribution in [1.29, 1.82) is 0 Å². The fourth-order valence-electron chi connectivity index (χ4n) is 2.96. The predicted octanol–water partition coefficient (Wildman–Crippen LogP) is 4.66. The molecule has 1 aliphatic carbocycles. The van der Waals surface area contributed by atoms with Crippen molar-refractivity contribution in [3.8, 4) is 0 Å². The number of rotatable bonds is 4. The predicted molar refractivity (Wildman–Crippen MR) is 79.1 cm³/mol. The summed E-state index contributed by atoms with van der Waals surface area (Å²) in [6, 6.07) is 7.62. The standard InChI is InChI=1S/C15H22BrN/c1-3-17(14-6-4-5-7-14)15-9-8-13(11-16)10-12(15)2/h8-10,14H,3-7,11H2,1-2H3. The number of halogens is 1. The number of hydrogen-bond donors (Lipinski definition) is 0. The molecule has 94 valence electrons. The van der Waals surface area contributed by atoms with Gasteiger partial charge in [-0.2, -0.15) is 0 Å². The third-order valence-electron chi connectivity index (χ3n) is 3.83. The maximum atomic E-state index is 3.52. The molecule has 0 aromatic heterocycles. The number of anilines is 1. The molecule has 0 radical (unpaired) electrons. The molecular weight excluding hydrogens is 274 g/mol. The number of aryl methyl sites for hydroxylation is 1. The minimum Gasteiger partial charge on any atom is -0.369 e. The maximum Gasteiger partial charge on any atom is 0.0398 e. The van der Waals surface area contributed by atoms with Crippen LogP contribution in [-0.2, 0) is 5.33 Å². The highest BCUT2D eigenvalue weighted by Gasteiger charge is 2.22. The molecule has 0 bridgehead atoms. The molecule has 0 saturated heterocycles. The molecule has 0 unspecified atom stereocenters. The molecule has 0 amide bonds. The van der Waals surface area contributed by atoms with Crippen molar-refractivity contribution in [2.75, 3.05) is 11.4 Å². The van der Waals surface area contributed by atoms with Crippen molar-refractivity contribution in [2.45, 2.75) is 50.9 Å². The van der Waals surface area contributed by atoms with E-state index < -0.39 is 0 Å². The van der Waals surface area contributed by atoms with Gasteiger partial charge in [0.25, 0.3) is 0 Å². The Balaban J connectivity index is 2.23. The zero-order valence-electron chi connectivity index (χ0n) is 10.9. The van der Waals surface area contributed by atoms with Gasteiger partial charge in [0, 0.05) is 23.6 Å². The van der Waals surface area contributed by atoms with Crippen LogP contribution in [0, 0.1) is 6.92 Å². The summed E-state index contributed by atoms with van der Waals surface area (Å²) in [6.45, 7) is 5.63. The molecule has 1 aromatic carbocycles. The van der Waals surface area contributed by atoms with Crippen LogP contribution in [0.15, 0.2) is 18.2 Å². The molecule has 0 heterocycles. The van der Waals surface area contributed by atoms with Crippen LogP contribution >= 0.6 is 15.9 Å². The second-order valence-electron chi connectivity index (χ2n) is 4.98. The van der Waals surface area contributed by atoms with E-state index in [1.165, 1.54) is 42.5 Å². The van der Waals surface area contributed by atoms with Gasteiger partial charge in [-0.25, -0.2) is 0 Å². The monoisotopic (exact) mass is 295 g/mol. The van der Waals surface area contributed by atoms with Gasteiger partial charge in [-0.3, -0.25) is 0 Å². The molecule has 17 heavy (non-hydrogen) atoms. The molecule has 0 atom stereocenters. The van der Waals surface area contributed by atoms with Crippen molar-refractivity contribution >= 4 is 21.6 Å². The number of benzene rings is 1. The van der Waals surface area contributed by atoms with Crippen LogP contribution in [0.3, 0.4) is 0 Å². The van der Waals surface area contributed by atoms with E-state index >= 15 is 0 Å². The molecule has 1 aromatic rings. The molecule has 1 aliphatic rings. The maximum absolute atomic E-state index is 3.52. The highest BCUT2D eigenvalue weighted by atomic mass is 79.9. The van der Waals surface area contributed by atoms with Gasteiger partial charge in [0.05, 0.1) is 0 Å². The number of nitrogens with zero attached hydrogens (tertiary/aromatic N) is 1. The largest absolute Gasteiger partial charge is 0.369 e. The van der Waals surface area contributed by atoms with E-state index in [0.29, 0.717) is 0 Å². The van der Waals surface area contributed by atoms with E-state index in [-0.39, 0.29) is 0 Å². The smallest absolute Gasteiger partial charge is 0.0398 e.